The Morgan fingerprint density at radius 2 is 2.00 bits per heavy atom. The lowest BCUT2D eigenvalue weighted by Gasteiger charge is -1.98. The number of alkyl halides is 1. The second-order valence-corrected chi connectivity index (χ2v) is 2.43. The van der Waals surface area contributed by atoms with Crippen molar-refractivity contribution < 1.29 is 0 Å². The second kappa shape index (κ2) is 4.52. The molecule has 1 rings (SSSR count). The van der Waals surface area contributed by atoms with Crippen LogP contribution >= 0.6 is 24.0 Å². The van der Waals surface area contributed by atoms with E-state index < -0.39 is 0 Å². The molecule has 1 aromatic rings. The van der Waals surface area contributed by atoms with Gasteiger partial charge in [-0.15, -0.1) is 24.0 Å². The highest BCUT2D eigenvalue weighted by atomic mass is 35.5. The van der Waals surface area contributed by atoms with Gasteiger partial charge in [-0.2, -0.15) is 0 Å². The third-order valence-corrected chi connectivity index (χ3v) is 1.65. The second-order valence-electron chi connectivity index (χ2n) is 2.17. The first-order chi connectivity index (χ1) is 4.74. The fourth-order valence-electron chi connectivity index (χ4n) is 0.654. The van der Waals surface area contributed by atoms with Crippen molar-refractivity contribution in [1.82, 2.24) is 9.97 Å². The van der Waals surface area contributed by atoms with Crippen LogP contribution in [0.25, 0.3) is 0 Å². The topological polar surface area (TPSA) is 25.8 Å². The summed E-state index contributed by atoms with van der Waals surface area (Å²) in [6.45, 7) is 3.86. The van der Waals surface area contributed by atoms with Gasteiger partial charge in [-0.05, 0) is 13.8 Å². The summed E-state index contributed by atoms with van der Waals surface area (Å²) >= 11 is 5.55. The van der Waals surface area contributed by atoms with E-state index in [-0.39, 0.29) is 12.4 Å². The van der Waals surface area contributed by atoms with Crippen molar-refractivity contribution in [2.75, 3.05) is 0 Å². The summed E-state index contributed by atoms with van der Waals surface area (Å²) in [4.78, 5) is 8.30. The van der Waals surface area contributed by atoms with Crippen LogP contribution in [0.1, 0.15) is 17.1 Å². The normalized spacial score (nSPS) is 9.00. The van der Waals surface area contributed by atoms with Crippen LogP contribution in [0.4, 0.5) is 0 Å². The van der Waals surface area contributed by atoms with Crippen LogP contribution in [-0.2, 0) is 5.88 Å². The minimum absolute atomic E-state index is 0. The van der Waals surface area contributed by atoms with Crippen LogP contribution in [0.5, 0.6) is 0 Å². The molecule has 62 valence electrons. The fourth-order valence-corrected chi connectivity index (χ4v) is 0.783. The highest BCUT2D eigenvalue weighted by molar-refractivity contribution is 6.16. The zero-order valence-corrected chi connectivity index (χ0v) is 8.04. The van der Waals surface area contributed by atoms with Gasteiger partial charge < -0.3 is 0 Å². The van der Waals surface area contributed by atoms with Gasteiger partial charge in [0.1, 0.15) is 0 Å². The number of hydrogen-bond donors (Lipinski definition) is 0. The summed E-state index contributed by atoms with van der Waals surface area (Å²) < 4.78 is 0. The number of aromatic nitrogens is 2. The zero-order valence-electron chi connectivity index (χ0n) is 6.47. The first-order valence-electron chi connectivity index (χ1n) is 3.09. The summed E-state index contributed by atoms with van der Waals surface area (Å²) in [6.07, 6.45) is 1.70. The molecule has 0 aliphatic carbocycles. The molecule has 0 spiro atoms. The van der Waals surface area contributed by atoms with Crippen LogP contribution in [-0.4, -0.2) is 9.97 Å². The van der Waals surface area contributed by atoms with Crippen LogP contribution in [0.15, 0.2) is 6.20 Å². The molecule has 0 N–H and O–H groups in total. The maximum absolute atomic E-state index is 5.55. The average Bonchev–Trinajstić information content (AvgIpc) is 1.95. The van der Waals surface area contributed by atoms with E-state index in [0.29, 0.717) is 5.88 Å². The first kappa shape index (κ1) is 10.7. The Morgan fingerprint density at radius 3 is 2.45 bits per heavy atom. The van der Waals surface area contributed by atoms with Crippen LogP contribution in [0.2, 0.25) is 0 Å². The molecule has 0 amide bonds. The van der Waals surface area contributed by atoms with Gasteiger partial charge in [-0.25, -0.2) is 0 Å². The quantitative estimate of drug-likeness (QED) is 0.639. The van der Waals surface area contributed by atoms with Gasteiger partial charge in [0.25, 0.3) is 0 Å². The van der Waals surface area contributed by atoms with Crippen molar-refractivity contribution >= 4 is 24.0 Å². The van der Waals surface area contributed by atoms with E-state index in [9.17, 15) is 0 Å². The van der Waals surface area contributed by atoms with E-state index >= 15 is 0 Å². The van der Waals surface area contributed by atoms with Gasteiger partial charge in [0.2, 0.25) is 0 Å². The van der Waals surface area contributed by atoms with Gasteiger partial charge >= 0.3 is 0 Å². The van der Waals surface area contributed by atoms with Crippen LogP contribution < -0.4 is 0 Å². The molecule has 0 saturated heterocycles. The molecule has 0 unspecified atom stereocenters. The monoisotopic (exact) mass is 192 g/mol. The number of rotatable bonds is 1. The highest BCUT2D eigenvalue weighted by Crippen LogP contribution is 2.02. The Balaban J connectivity index is 0.000001000. The Labute approximate surface area is 77.4 Å². The molecule has 0 aliphatic heterocycles. The van der Waals surface area contributed by atoms with Gasteiger partial charge in [0, 0.05) is 6.20 Å². The minimum atomic E-state index is 0. The Bertz CT molecular complexity index is 238. The van der Waals surface area contributed by atoms with E-state index in [2.05, 4.69) is 9.97 Å². The number of nitrogens with zero attached hydrogens (tertiary/aromatic N) is 2. The van der Waals surface area contributed by atoms with Gasteiger partial charge in [-0.3, -0.25) is 9.97 Å². The maximum atomic E-state index is 5.55. The van der Waals surface area contributed by atoms with E-state index in [0.717, 1.165) is 17.1 Å². The Kier molecular flexibility index (Phi) is 4.38. The molecule has 2 nitrogen and oxygen atoms in total. The largest absolute Gasteiger partial charge is 0.258 e. The number of hydrogen-bond acceptors (Lipinski definition) is 2. The molecule has 0 radical (unpaired) electrons. The standard InChI is InChI=1S/C7H9ClN2.ClH/c1-5-6(2)10-7(3-8)4-9-5;/h4H,3H2,1-2H3;1H. The molecule has 1 aromatic heterocycles. The third-order valence-electron chi connectivity index (χ3n) is 1.38. The molecular weight excluding hydrogens is 183 g/mol. The Hall–Kier alpha value is -0.340. The van der Waals surface area contributed by atoms with Gasteiger partial charge in [0.05, 0.1) is 23.0 Å². The molecule has 0 aromatic carbocycles. The molecule has 11 heavy (non-hydrogen) atoms. The van der Waals surface area contributed by atoms with Crippen molar-refractivity contribution in [3.05, 3.63) is 23.3 Å². The van der Waals surface area contributed by atoms with E-state index in [4.69, 9.17) is 11.6 Å². The molecular formula is C7H10Cl2N2. The third kappa shape index (κ3) is 2.64. The van der Waals surface area contributed by atoms with Crippen molar-refractivity contribution in [3.63, 3.8) is 0 Å². The predicted octanol–water partition coefficient (Wildman–Crippen LogP) is 2.25. The van der Waals surface area contributed by atoms with Crippen molar-refractivity contribution in [2.45, 2.75) is 19.7 Å². The summed E-state index contributed by atoms with van der Waals surface area (Å²) in [5.41, 5.74) is 2.76. The molecule has 0 saturated carbocycles. The van der Waals surface area contributed by atoms with E-state index in [1.54, 1.807) is 6.20 Å². The van der Waals surface area contributed by atoms with Crippen molar-refractivity contribution in [3.8, 4) is 0 Å². The lowest BCUT2D eigenvalue weighted by atomic mass is 10.3. The minimum Gasteiger partial charge on any atom is -0.258 e. The molecule has 4 heteroatoms. The number of aryl methyl sites for hydroxylation is 2. The van der Waals surface area contributed by atoms with Gasteiger partial charge in [0.15, 0.2) is 0 Å². The average molecular weight is 193 g/mol. The summed E-state index contributed by atoms with van der Waals surface area (Å²) in [5.74, 6) is 0.439. The first-order valence-corrected chi connectivity index (χ1v) is 3.62. The number of halogens is 2. The van der Waals surface area contributed by atoms with E-state index in [1.807, 2.05) is 13.8 Å². The molecule has 1 heterocycles. The summed E-state index contributed by atoms with van der Waals surface area (Å²) in [5, 5.41) is 0. The smallest absolute Gasteiger partial charge is 0.0737 e. The highest BCUT2D eigenvalue weighted by Gasteiger charge is 1.96. The van der Waals surface area contributed by atoms with Gasteiger partial charge in [-0.1, -0.05) is 0 Å². The molecule has 0 aliphatic rings. The lowest BCUT2D eigenvalue weighted by molar-refractivity contribution is 0.992. The summed E-state index contributed by atoms with van der Waals surface area (Å²) in [7, 11) is 0. The van der Waals surface area contributed by atoms with Crippen LogP contribution in [0, 0.1) is 13.8 Å². The van der Waals surface area contributed by atoms with Crippen molar-refractivity contribution in [2.24, 2.45) is 0 Å². The fraction of sp³-hybridized carbons (Fsp3) is 0.429. The Morgan fingerprint density at radius 1 is 1.36 bits per heavy atom. The molecule has 0 atom stereocenters. The summed E-state index contributed by atoms with van der Waals surface area (Å²) in [6, 6.07) is 0. The molecule has 0 bridgehead atoms. The SMILES string of the molecule is Cc1ncc(CCl)nc1C.Cl. The maximum Gasteiger partial charge on any atom is 0.0737 e. The lowest BCUT2D eigenvalue weighted by Crippen LogP contribution is -1.94. The zero-order chi connectivity index (χ0) is 7.56. The predicted molar refractivity (Wildman–Crippen MR) is 48.3 cm³/mol. The molecule has 0 fully saturated rings. The van der Waals surface area contributed by atoms with Crippen LogP contribution in [0.3, 0.4) is 0 Å². The van der Waals surface area contributed by atoms with E-state index in [1.165, 1.54) is 0 Å². The van der Waals surface area contributed by atoms with Crippen molar-refractivity contribution in [1.29, 1.82) is 0 Å².